The Morgan fingerprint density at radius 3 is 3.00 bits per heavy atom. The lowest BCUT2D eigenvalue weighted by molar-refractivity contribution is 0.712. The number of nitrogens with zero attached hydrogens (tertiary/aromatic N) is 5. The van der Waals surface area contributed by atoms with Crippen molar-refractivity contribution in [2.45, 2.75) is 13.5 Å². The fraction of sp³-hybridized carbons (Fsp3) is 0.429. The number of tetrazole rings is 1. The summed E-state index contributed by atoms with van der Waals surface area (Å²) in [6.45, 7) is 2.64. The first-order valence-corrected chi connectivity index (χ1v) is 5.01. The van der Waals surface area contributed by atoms with Crippen LogP contribution in [0.4, 0.5) is 5.95 Å². The van der Waals surface area contributed by atoms with Crippen molar-refractivity contribution in [3.8, 4) is 0 Å². The molecule has 0 amide bonds. The molecule has 0 radical (unpaired) electrons. The number of rotatable bonds is 3. The van der Waals surface area contributed by atoms with Crippen molar-refractivity contribution in [3.63, 3.8) is 0 Å². The molecular formula is C7H10N6S. The molecule has 2 heterocycles. The molecule has 2 aromatic heterocycles. The standard InChI is InChI=1S/C7H10N6S/c1-5-9-6(4-14-5)3-8-7-10-11-12-13(7)2/h4H,3H2,1-2H3,(H,8,10,12). The van der Waals surface area contributed by atoms with Crippen LogP contribution in [0.1, 0.15) is 10.7 Å². The first-order valence-electron chi connectivity index (χ1n) is 4.13. The smallest absolute Gasteiger partial charge is 0.242 e. The molecule has 0 unspecified atom stereocenters. The summed E-state index contributed by atoms with van der Waals surface area (Å²) >= 11 is 1.64. The van der Waals surface area contributed by atoms with E-state index in [4.69, 9.17) is 0 Å². The highest BCUT2D eigenvalue weighted by atomic mass is 32.1. The molecule has 7 heteroatoms. The number of aryl methyl sites for hydroxylation is 2. The van der Waals surface area contributed by atoms with Gasteiger partial charge in [0.25, 0.3) is 0 Å². The van der Waals surface area contributed by atoms with Crippen LogP contribution in [-0.2, 0) is 13.6 Å². The monoisotopic (exact) mass is 210 g/mol. The van der Waals surface area contributed by atoms with Crippen molar-refractivity contribution >= 4 is 17.3 Å². The van der Waals surface area contributed by atoms with Crippen LogP contribution in [0.5, 0.6) is 0 Å². The summed E-state index contributed by atoms with van der Waals surface area (Å²) in [5.41, 5.74) is 1.01. The maximum atomic E-state index is 4.32. The number of anilines is 1. The Bertz CT molecular complexity index is 419. The second-order valence-corrected chi connectivity index (χ2v) is 3.90. The summed E-state index contributed by atoms with van der Waals surface area (Å²) in [5.74, 6) is 0.649. The SMILES string of the molecule is Cc1nc(CNc2nnnn2C)cs1. The van der Waals surface area contributed by atoms with Gasteiger partial charge >= 0.3 is 0 Å². The largest absolute Gasteiger partial charge is 0.347 e. The van der Waals surface area contributed by atoms with Crippen molar-refractivity contribution in [2.24, 2.45) is 7.05 Å². The van der Waals surface area contributed by atoms with Gasteiger partial charge in [-0.2, -0.15) is 0 Å². The Morgan fingerprint density at radius 2 is 2.43 bits per heavy atom. The molecule has 0 saturated heterocycles. The number of hydrogen-bond donors (Lipinski definition) is 1. The maximum absolute atomic E-state index is 4.32. The molecule has 2 aromatic rings. The summed E-state index contributed by atoms with van der Waals surface area (Å²) in [6, 6.07) is 0. The van der Waals surface area contributed by atoms with Crippen molar-refractivity contribution in [1.29, 1.82) is 0 Å². The number of thiazole rings is 1. The van der Waals surface area contributed by atoms with E-state index in [0.29, 0.717) is 12.5 Å². The van der Waals surface area contributed by atoms with Crippen LogP contribution in [0.25, 0.3) is 0 Å². The second kappa shape index (κ2) is 3.70. The average Bonchev–Trinajstić information content (AvgIpc) is 2.72. The molecule has 0 aliphatic rings. The summed E-state index contributed by atoms with van der Waals surface area (Å²) < 4.78 is 1.58. The number of hydrogen-bond acceptors (Lipinski definition) is 6. The minimum Gasteiger partial charge on any atom is -0.347 e. The van der Waals surface area contributed by atoms with Gasteiger partial charge in [0.05, 0.1) is 17.2 Å². The van der Waals surface area contributed by atoms with E-state index in [1.54, 1.807) is 23.1 Å². The van der Waals surface area contributed by atoms with Gasteiger partial charge in [-0.25, -0.2) is 9.67 Å². The molecule has 74 valence electrons. The zero-order valence-corrected chi connectivity index (χ0v) is 8.75. The van der Waals surface area contributed by atoms with Crippen LogP contribution >= 0.6 is 11.3 Å². The van der Waals surface area contributed by atoms with Crippen molar-refractivity contribution in [1.82, 2.24) is 25.2 Å². The van der Waals surface area contributed by atoms with Crippen LogP contribution in [0.15, 0.2) is 5.38 Å². The first-order chi connectivity index (χ1) is 6.75. The Labute approximate surface area is 85.0 Å². The number of aromatic nitrogens is 5. The van der Waals surface area contributed by atoms with Gasteiger partial charge in [0.1, 0.15) is 0 Å². The predicted molar refractivity (Wildman–Crippen MR) is 53.0 cm³/mol. The van der Waals surface area contributed by atoms with Crippen molar-refractivity contribution < 1.29 is 0 Å². The highest BCUT2D eigenvalue weighted by molar-refractivity contribution is 7.09. The minimum absolute atomic E-state index is 0.649. The lowest BCUT2D eigenvalue weighted by Crippen LogP contribution is -2.05. The van der Waals surface area contributed by atoms with Crippen molar-refractivity contribution in [3.05, 3.63) is 16.1 Å². The summed E-state index contributed by atoms with van der Waals surface area (Å²) in [5, 5.41) is 17.2. The molecule has 0 bridgehead atoms. The van der Waals surface area contributed by atoms with Crippen LogP contribution in [-0.4, -0.2) is 25.2 Å². The third-order valence-corrected chi connectivity index (χ3v) is 2.54. The fourth-order valence-electron chi connectivity index (χ4n) is 1.04. The molecule has 6 nitrogen and oxygen atoms in total. The fourth-order valence-corrected chi connectivity index (χ4v) is 1.65. The lowest BCUT2D eigenvalue weighted by Gasteiger charge is -2.00. The molecule has 0 aromatic carbocycles. The first kappa shape index (κ1) is 9.07. The van der Waals surface area contributed by atoms with Gasteiger partial charge in [0.2, 0.25) is 5.95 Å². The Hall–Kier alpha value is -1.50. The number of nitrogens with one attached hydrogen (secondary N) is 1. The minimum atomic E-state index is 0.649. The Balaban J connectivity index is 1.98. The van der Waals surface area contributed by atoms with E-state index >= 15 is 0 Å². The van der Waals surface area contributed by atoms with Gasteiger partial charge in [-0.05, 0) is 17.4 Å². The van der Waals surface area contributed by atoms with Crippen LogP contribution in [0.2, 0.25) is 0 Å². The molecule has 2 rings (SSSR count). The van der Waals surface area contributed by atoms with E-state index < -0.39 is 0 Å². The predicted octanol–water partition coefficient (Wildman–Crippen LogP) is 0.587. The normalized spacial score (nSPS) is 10.4. The molecule has 0 spiro atoms. The molecular weight excluding hydrogens is 200 g/mol. The van der Waals surface area contributed by atoms with E-state index in [0.717, 1.165) is 10.7 Å². The van der Waals surface area contributed by atoms with E-state index in [1.807, 2.05) is 12.3 Å². The Kier molecular flexibility index (Phi) is 2.40. The second-order valence-electron chi connectivity index (χ2n) is 2.84. The van der Waals surface area contributed by atoms with E-state index in [-0.39, 0.29) is 0 Å². The van der Waals surface area contributed by atoms with E-state index in [2.05, 4.69) is 25.8 Å². The summed E-state index contributed by atoms with van der Waals surface area (Å²) in [7, 11) is 1.79. The zero-order valence-electron chi connectivity index (χ0n) is 7.93. The Morgan fingerprint density at radius 1 is 1.57 bits per heavy atom. The molecule has 0 aliphatic carbocycles. The topological polar surface area (TPSA) is 68.5 Å². The van der Waals surface area contributed by atoms with E-state index in [9.17, 15) is 0 Å². The van der Waals surface area contributed by atoms with Gasteiger partial charge in [0, 0.05) is 12.4 Å². The maximum Gasteiger partial charge on any atom is 0.242 e. The van der Waals surface area contributed by atoms with Crippen molar-refractivity contribution in [2.75, 3.05) is 5.32 Å². The molecule has 0 atom stereocenters. The highest BCUT2D eigenvalue weighted by Gasteiger charge is 2.02. The van der Waals surface area contributed by atoms with Gasteiger partial charge in [-0.1, -0.05) is 5.10 Å². The van der Waals surface area contributed by atoms with Crippen LogP contribution < -0.4 is 5.32 Å². The average molecular weight is 210 g/mol. The summed E-state index contributed by atoms with van der Waals surface area (Å²) in [4.78, 5) is 4.32. The quantitative estimate of drug-likeness (QED) is 0.802. The highest BCUT2D eigenvalue weighted by Crippen LogP contribution is 2.09. The molecule has 0 fully saturated rings. The lowest BCUT2D eigenvalue weighted by atomic mass is 10.5. The van der Waals surface area contributed by atoms with Gasteiger partial charge < -0.3 is 5.32 Å². The van der Waals surface area contributed by atoms with Crippen LogP contribution in [0.3, 0.4) is 0 Å². The third-order valence-electron chi connectivity index (χ3n) is 1.71. The van der Waals surface area contributed by atoms with E-state index in [1.165, 1.54) is 0 Å². The third kappa shape index (κ3) is 1.87. The molecule has 14 heavy (non-hydrogen) atoms. The van der Waals surface area contributed by atoms with Gasteiger partial charge in [-0.3, -0.25) is 0 Å². The van der Waals surface area contributed by atoms with Gasteiger partial charge in [-0.15, -0.1) is 11.3 Å². The molecule has 0 saturated carbocycles. The molecule has 0 aliphatic heterocycles. The van der Waals surface area contributed by atoms with Crippen LogP contribution in [0, 0.1) is 6.92 Å². The van der Waals surface area contributed by atoms with Gasteiger partial charge in [0.15, 0.2) is 0 Å². The molecule has 1 N–H and O–H groups in total. The summed E-state index contributed by atoms with van der Waals surface area (Å²) in [6.07, 6.45) is 0. The zero-order chi connectivity index (χ0) is 9.97.